The zero-order valence-corrected chi connectivity index (χ0v) is 12.2. The molecule has 1 amide bonds. The van der Waals surface area contributed by atoms with E-state index < -0.39 is 5.97 Å². The molecule has 0 aliphatic rings. The van der Waals surface area contributed by atoms with Crippen LogP contribution in [0.25, 0.3) is 6.08 Å². The highest BCUT2D eigenvalue weighted by Crippen LogP contribution is 2.07. The summed E-state index contributed by atoms with van der Waals surface area (Å²) in [6, 6.07) is 12.5. The summed E-state index contributed by atoms with van der Waals surface area (Å²) < 4.78 is 4.51. The van der Waals surface area contributed by atoms with E-state index in [0.29, 0.717) is 12.1 Å². The van der Waals surface area contributed by atoms with E-state index in [1.807, 2.05) is 18.2 Å². The molecule has 2 rings (SSSR count). The molecular weight excluding hydrogens is 280 g/mol. The van der Waals surface area contributed by atoms with Crippen LogP contribution in [0.2, 0.25) is 0 Å². The number of rotatable bonds is 5. The molecule has 0 unspecified atom stereocenters. The second kappa shape index (κ2) is 7.73. The monoisotopic (exact) mass is 296 g/mol. The number of carbonyl (C=O) groups is 2. The first kappa shape index (κ1) is 15.4. The number of aromatic nitrogens is 1. The number of carbonyl (C=O) groups excluding carboxylic acids is 2. The molecule has 2 aromatic rings. The number of esters is 1. The number of methoxy groups -OCH3 is 1. The second-order valence-corrected chi connectivity index (χ2v) is 4.48. The number of benzene rings is 1. The summed E-state index contributed by atoms with van der Waals surface area (Å²) in [5.74, 6) is -0.591. The molecule has 22 heavy (non-hydrogen) atoms. The van der Waals surface area contributed by atoms with E-state index in [1.54, 1.807) is 36.5 Å². The van der Waals surface area contributed by atoms with Gasteiger partial charge in [0.25, 0.3) is 5.91 Å². The van der Waals surface area contributed by atoms with Gasteiger partial charge in [0, 0.05) is 17.8 Å². The molecule has 1 N–H and O–H groups in total. The quantitative estimate of drug-likeness (QED) is 0.678. The third kappa shape index (κ3) is 4.56. The third-order valence-corrected chi connectivity index (χ3v) is 2.94. The van der Waals surface area contributed by atoms with Gasteiger partial charge in [-0.2, -0.15) is 0 Å². The molecule has 0 aliphatic heterocycles. The highest BCUT2D eigenvalue weighted by molar-refractivity contribution is 5.94. The number of amides is 1. The maximum absolute atomic E-state index is 12.0. The van der Waals surface area contributed by atoms with Gasteiger partial charge < -0.3 is 10.1 Å². The lowest BCUT2D eigenvalue weighted by molar-refractivity contribution is -0.134. The van der Waals surface area contributed by atoms with Crippen LogP contribution >= 0.6 is 0 Å². The lowest BCUT2D eigenvalue weighted by atomic mass is 10.1. The van der Waals surface area contributed by atoms with E-state index in [9.17, 15) is 9.59 Å². The highest BCUT2D eigenvalue weighted by Gasteiger charge is 2.05. The Morgan fingerprint density at radius 3 is 2.59 bits per heavy atom. The lowest BCUT2D eigenvalue weighted by Crippen LogP contribution is -2.23. The predicted octanol–water partition coefficient (Wildman–Crippen LogP) is 2.20. The van der Waals surface area contributed by atoms with Gasteiger partial charge in [0.15, 0.2) is 0 Å². The summed E-state index contributed by atoms with van der Waals surface area (Å²) in [6.45, 7) is 0.379. The summed E-state index contributed by atoms with van der Waals surface area (Å²) in [6.07, 6.45) is 4.64. The van der Waals surface area contributed by atoms with Gasteiger partial charge in [0.1, 0.15) is 0 Å². The van der Waals surface area contributed by atoms with Gasteiger partial charge in [-0.3, -0.25) is 9.78 Å². The van der Waals surface area contributed by atoms with E-state index in [4.69, 9.17) is 0 Å². The Morgan fingerprint density at radius 2 is 1.95 bits per heavy atom. The lowest BCUT2D eigenvalue weighted by Gasteiger charge is -2.05. The molecule has 0 aliphatic carbocycles. The molecule has 0 spiro atoms. The first-order valence-corrected chi connectivity index (χ1v) is 6.73. The molecule has 112 valence electrons. The van der Waals surface area contributed by atoms with Crippen molar-refractivity contribution in [2.45, 2.75) is 6.54 Å². The van der Waals surface area contributed by atoms with Gasteiger partial charge in [0.05, 0.1) is 19.3 Å². The molecule has 0 fully saturated rings. The number of hydrogen-bond donors (Lipinski definition) is 1. The van der Waals surface area contributed by atoms with E-state index in [2.05, 4.69) is 15.0 Å². The summed E-state index contributed by atoms with van der Waals surface area (Å²) in [5.41, 5.74) is 2.16. The predicted molar refractivity (Wildman–Crippen MR) is 82.9 cm³/mol. The van der Waals surface area contributed by atoms with Crippen molar-refractivity contribution in [2.24, 2.45) is 0 Å². The van der Waals surface area contributed by atoms with Crippen LogP contribution < -0.4 is 5.32 Å². The SMILES string of the molecule is COC(=O)/C=C/c1ccc(C(=O)NCc2ccccn2)cc1. The average Bonchev–Trinajstić information content (AvgIpc) is 2.59. The van der Waals surface area contributed by atoms with Crippen molar-refractivity contribution in [3.8, 4) is 0 Å². The molecule has 1 aromatic carbocycles. The van der Waals surface area contributed by atoms with Crippen LogP contribution in [-0.4, -0.2) is 24.0 Å². The average molecular weight is 296 g/mol. The van der Waals surface area contributed by atoms with Gasteiger partial charge in [0.2, 0.25) is 0 Å². The molecule has 0 atom stereocenters. The standard InChI is InChI=1S/C17H16N2O3/c1-22-16(20)10-7-13-5-8-14(9-6-13)17(21)19-12-15-4-2-3-11-18-15/h2-11H,12H2,1H3,(H,19,21)/b10-7+. The smallest absolute Gasteiger partial charge is 0.330 e. The second-order valence-electron chi connectivity index (χ2n) is 4.48. The Hall–Kier alpha value is -2.95. The molecular formula is C17H16N2O3. The zero-order chi connectivity index (χ0) is 15.8. The Morgan fingerprint density at radius 1 is 1.18 bits per heavy atom. The molecule has 1 heterocycles. The summed E-state index contributed by atoms with van der Waals surface area (Å²) >= 11 is 0. The fourth-order valence-electron chi connectivity index (χ4n) is 1.75. The minimum atomic E-state index is -0.419. The van der Waals surface area contributed by atoms with Gasteiger partial charge in [-0.05, 0) is 35.9 Å². The van der Waals surface area contributed by atoms with E-state index >= 15 is 0 Å². The summed E-state index contributed by atoms with van der Waals surface area (Å²) in [5, 5.41) is 2.80. The van der Waals surface area contributed by atoms with Crippen LogP contribution in [0.4, 0.5) is 0 Å². The minimum absolute atomic E-state index is 0.172. The number of pyridine rings is 1. The topological polar surface area (TPSA) is 68.3 Å². The van der Waals surface area contributed by atoms with Crippen LogP contribution in [0.15, 0.2) is 54.7 Å². The largest absolute Gasteiger partial charge is 0.466 e. The summed E-state index contributed by atoms with van der Waals surface area (Å²) in [4.78, 5) is 27.2. The van der Waals surface area contributed by atoms with Gasteiger partial charge in [-0.15, -0.1) is 0 Å². The Kier molecular flexibility index (Phi) is 5.43. The van der Waals surface area contributed by atoms with Gasteiger partial charge >= 0.3 is 5.97 Å². The van der Waals surface area contributed by atoms with Crippen LogP contribution in [0.1, 0.15) is 21.6 Å². The highest BCUT2D eigenvalue weighted by atomic mass is 16.5. The van der Waals surface area contributed by atoms with E-state index in [0.717, 1.165) is 11.3 Å². The fraction of sp³-hybridized carbons (Fsp3) is 0.118. The number of nitrogens with one attached hydrogen (secondary N) is 1. The van der Waals surface area contributed by atoms with Gasteiger partial charge in [-0.1, -0.05) is 18.2 Å². The Bertz CT molecular complexity index is 664. The third-order valence-electron chi connectivity index (χ3n) is 2.94. The molecule has 0 saturated carbocycles. The van der Waals surface area contributed by atoms with Crippen molar-refractivity contribution in [1.29, 1.82) is 0 Å². The van der Waals surface area contributed by atoms with Crippen LogP contribution in [0.5, 0.6) is 0 Å². The molecule has 1 aromatic heterocycles. The molecule has 0 bridgehead atoms. The van der Waals surface area contributed by atoms with Crippen molar-refractivity contribution in [3.63, 3.8) is 0 Å². The normalized spacial score (nSPS) is 10.4. The fourth-order valence-corrected chi connectivity index (χ4v) is 1.75. The maximum Gasteiger partial charge on any atom is 0.330 e. The van der Waals surface area contributed by atoms with Crippen molar-refractivity contribution in [1.82, 2.24) is 10.3 Å². The van der Waals surface area contributed by atoms with Crippen molar-refractivity contribution in [3.05, 3.63) is 71.6 Å². The molecule has 5 heteroatoms. The van der Waals surface area contributed by atoms with Crippen molar-refractivity contribution in [2.75, 3.05) is 7.11 Å². The Labute approximate surface area is 128 Å². The molecule has 5 nitrogen and oxygen atoms in total. The van der Waals surface area contributed by atoms with Crippen LogP contribution in [0, 0.1) is 0 Å². The van der Waals surface area contributed by atoms with Crippen LogP contribution in [-0.2, 0) is 16.1 Å². The van der Waals surface area contributed by atoms with Gasteiger partial charge in [-0.25, -0.2) is 4.79 Å². The Balaban J connectivity index is 1.93. The first-order valence-electron chi connectivity index (χ1n) is 6.73. The van der Waals surface area contributed by atoms with Crippen molar-refractivity contribution < 1.29 is 14.3 Å². The van der Waals surface area contributed by atoms with E-state index in [1.165, 1.54) is 13.2 Å². The summed E-state index contributed by atoms with van der Waals surface area (Å²) in [7, 11) is 1.32. The maximum atomic E-state index is 12.0. The van der Waals surface area contributed by atoms with Crippen LogP contribution in [0.3, 0.4) is 0 Å². The van der Waals surface area contributed by atoms with Crippen molar-refractivity contribution >= 4 is 18.0 Å². The first-order chi connectivity index (χ1) is 10.7. The number of hydrogen-bond acceptors (Lipinski definition) is 4. The zero-order valence-electron chi connectivity index (χ0n) is 12.2. The molecule has 0 radical (unpaired) electrons. The molecule has 0 saturated heterocycles. The number of ether oxygens (including phenoxy) is 1. The minimum Gasteiger partial charge on any atom is -0.466 e. The number of nitrogens with zero attached hydrogens (tertiary/aromatic N) is 1. The van der Waals surface area contributed by atoms with E-state index in [-0.39, 0.29) is 5.91 Å².